The van der Waals surface area contributed by atoms with E-state index >= 15 is 0 Å². The fourth-order valence-electron chi connectivity index (χ4n) is 12.1. The van der Waals surface area contributed by atoms with Crippen LogP contribution in [0.4, 0.5) is 17.1 Å². The number of rotatable bonds is 10. The highest BCUT2D eigenvalue weighted by Crippen LogP contribution is 2.58. The van der Waals surface area contributed by atoms with Crippen LogP contribution >= 0.6 is 0 Å². The molecular formula is C73H54N2O2. The van der Waals surface area contributed by atoms with Gasteiger partial charge in [-0.1, -0.05) is 185 Å². The van der Waals surface area contributed by atoms with E-state index in [0.29, 0.717) is 0 Å². The van der Waals surface area contributed by atoms with Gasteiger partial charge in [-0.25, -0.2) is 0 Å². The number of benzene rings is 11. The van der Waals surface area contributed by atoms with Crippen molar-refractivity contribution < 1.29 is 9.15 Å². The number of para-hydroxylation sites is 3. The molecule has 11 aromatic carbocycles. The molecule has 368 valence electrons. The second kappa shape index (κ2) is 18.0. The Kier molecular flexibility index (Phi) is 10.8. The average molecular weight is 991 g/mol. The summed E-state index contributed by atoms with van der Waals surface area (Å²) in [7, 11) is 0. The lowest BCUT2D eigenvalue weighted by Gasteiger charge is -2.35. The molecule has 1 atom stereocenters. The predicted molar refractivity (Wildman–Crippen MR) is 321 cm³/mol. The van der Waals surface area contributed by atoms with Gasteiger partial charge in [0.25, 0.3) is 0 Å². The van der Waals surface area contributed by atoms with Crippen molar-refractivity contribution in [3.05, 3.63) is 295 Å². The van der Waals surface area contributed by atoms with E-state index in [1.807, 2.05) is 42.5 Å². The van der Waals surface area contributed by atoms with Gasteiger partial charge in [-0.15, -0.1) is 0 Å². The topological polar surface area (TPSA) is 30.5 Å². The van der Waals surface area contributed by atoms with Gasteiger partial charge in [-0.2, -0.15) is 0 Å². The lowest BCUT2D eigenvalue weighted by atomic mass is 9.67. The minimum Gasteiger partial charge on any atom is -0.457 e. The van der Waals surface area contributed by atoms with Crippen LogP contribution in [0, 0.1) is 0 Å². The van der Waals surface area contributed by atoms with E-state index in [1.165, 1.54) is 55.2 Å². The molecule has 0 fully saturated rings. The van der Waals surface area contributed by atoms with Crippen LogP contribution in [0.3, 0.4) is 0 Å². The lowest BCUT2D eigenvalue weighted by molar-refractivity contribution is 0.482. The van der Waals surface area contributed by atoms with Gasteiger partial charge >= 0.3 is 0 Å². The van der Waals surface area contributed by atoms with Gasteiger partial charge in [-0.05, 0) is 158 Å². The molecule has 4 nitrogen and oxygen atoms in total. The van der Waals surface area contributed by atoms with Crippen LogP contribution in [0.2, 0.25) is 0 Å². The third-order valence-electron chi connectivity index (χ3n) is 15.9. The van der Waals surface area contributed by atoms with Crippen LogP contribution in [0.1, 0.15) is 54.2 Å². The largest absolute Gasteiger partial charge is 0.457 e. The first kappa shape index (κ1) is 45.9. The van der Waals surface area contributed by atoms with E-state index in [-0.39, 0.29) is 5.41 Å². The van der Waals surface area contributed by atoms with Gasteiger partial charge in [0, 0.05) is 50.4 Å². The molecule has 0 N–H and O–H groups in total. The van der Waals surface area contributed by atoms with E-state index in [0.717, 1.165) is 78.4 Å². The van der Waals surface area contributed by atoms with Gasteiger partial charge in [0.1, 0.15) is 22.7 Å². The summed E-state index contributed by atoms with van der Waals surface area (Å²) in [6.45, 7) is 10.8. The molecule has 0 spiro atoms. The molecule has 1 aliphatic rings. The molecular weight excluding hydrogens is 937 g/mol. The van der Waals surface area contributed by atoms with E-state index < -0.39 is 5.41 Å². The molecule has 4 heteroatoms. The molecule has 1 unspecified atom stereocenters. The van der Waals surface area contributed by atoms with Gasteiger partial charge in [-0.3, -0.25) is 0 Å². The number of fused-ring (bicyclic) bond motifs is 9. The zero-order valence-electron chi connectivity index (χ0n) is 43.2. The molecule has 0 amide bonds. The van der Waals surface area contributed by atoms with Gasteiger partial charge in [0.2, 0.25) is 0 Å². The zero-order chi connectivity index (χ0) is 51.8. The van der Waals surface area contributed by atoms with Crippen molar-refractivity contribution in [2.45, 2.75) is 31.6 Å². The number of anilines is 3. The molecule has 0 radical (unpaired) electrons. The van der Waals surface area contributed by atoms with Crippen molar-refractivity contribution in [3.8, 4) is 39.4 Å². The fraction of sp³-hybridized carbons (Fsp3) is 0.0685. The second-order valence-electron chi connectivity index (χ2n) is 21.3. The van der Waals surface area contributed by atoms with Crippen LogP contribution in [-0.2, 0) is 10.8 Å². The average Bonchev–Trinajstić information content (AvgIpc) is 4.34. The predicted octanol–water partition coefficient (Wildman–Crippen LogP) is 19.9. The second-order valence-corrected chi connectivity index (χ2v) is 21.3. The Bertz CT molecular complexity index is 4390. The zero-order valence-corrected chi connectivity index (χ0v) is 43.2. The van der Waals surface area contributed by atoms with Crippen LogP contribution in [-0.4, -0.2) is 4.57 Å². The Morgan fingerprint density at radius 2 is 1.04 bits per heavy atom. The first-order valence-corrected chi connectivity index (χ1v) is 26.5. The highest BCUT2D eigenvalue weighted by molar-refractivity contribution is 6.11. The van der Waals surface area contributed by atoms with E-state index in [2.05, 4.69) is 255 Å². The molecule has 14 rings (SSSR count). The van der Waals surface area contributed by atoms with E-state index in [4.69, 9.17) is 9.15 Å². The molecule has 77 heavy (non-hydrogen) atoms. The summed E-state index contributed by atoms with van der Waals surface area (Å²) in [4.78, 5) is 2.39. The quantitative estimate of drug-likeness (QED) is 0.137. The molecule has 0 saturated heterocycles. The maximum absolute atomic E-state index is 6.60. The summed E-state index contributed by atoms with van der Waals surface area (Å²) in [5, 5.41) is 4.65. The van der Waals surface area contributed by atoms with E-state index in [1.54, 1.807) is 0 Å². The summed E-state index contributed by atoms with van der Waals surface area (Å²) in [5.41, 5.74) is 19.5. The molecule has 2 heterocycles. The molecule has 0 saturated carbocycles. The van der Waals surface area contributed by atoms with Gasteiger partial charge in [0.05, 0.1) is 16.4 Å². The summed E-state index contributed by atoms with van der Waals surface area (Å²) >= 11 is 0. The minimum atomic E-state index is -0.678. The van der Waals surface area contributed by atoms with Crippen LogP contribution in [0.5, 0.6) is 11.5 Å². The lowest BCUT2D eigenvalue weighted by Crippen LogP contribution is -2.29. The number of aromatic nitrogens is 1. The van der Waals surface area contributed by atoms with Crippen molar-refractivity contribution in [1.29, 1.82) is 0 Å². The summed E-state index contributed by atoms with van der Waals surface area (Å²) in [5.74, 6) is 1.55. The Morgan fingerprint density at radius 3 is 1.79 bits per heavy atom. The number of nitrogens with zero attached hydrogens (tertiary/aromatic N) is 2. The molecule has 1 aliphatic carbocycles. The number of furan rings is 1. The van der Waals surface area contributed by atoms with Crippen molar-refractivity contribution in [2.24, 2.45) is 0 Å². The van der Waals surface area contributed by atoms with Crippen molar-refractivity contribution in [2.75, 3.05) is 4.90 Å². The fourth-order valence-corrected chi connectivity index (χ4v) is 12.1. The Hall–Kier alpha value is -9.64. The Labute approximate surface area is 449 Å². The SMILES string of the molecule is C=Cc1ccc(Oc2ccc(C3(c4ccc(C(C)(C)C)cc4)c4ccccc4-c4ccc(N(c5ccc(-c6ccc7c(c6)c6ccccc6n7-c6ccccc6)cc5)c5ccc6c(c5)oc5ccccc56)cc43)cc2)cc1. The summed E-state index contributed by atoms with van der Waals surface area (Å²) < 4.78 is 15.4. The molecule has 0 aliphatic heterocycles. The maximum Gasteiger partial charge on any atom is 0.137 e. The third kappa shape index (κ3) is 7.59. The standard InChI is InChI=1S/C73H54N2O2/c1-5-48-23-38-58(39-24-48)76-59-40-32-53(33-41-59)73(52-30-28-51(29-31-52)72(2,3)4)66-20-12-9-17-60(66)61-42-36-56(46-67(61)73)74(57-37-43-64-63-19-11-14-22-70(63)77-71(64)47-57)55-34-25-49(26-35-55)50-27-44-69-65(45-50)62-18-10-13-21-68(62)75(69)54-15-7-6-8-16-54/h5-47H,1H2,2-4H3. The first-order valence-electron chi connectivity index (χ1n) is 26.5. The van der Waals surface area contributed by atoms with Crippen molar-refractivity contribution >= 4 is 66.9 Å². The minimum absolute atomic E-state index is 0.0141. The third-order valence-corrected chi connectivity index (χ3v) is 15.9. The van der Waals surface area contributed by atoms with Gasteiger partial charge in [0.15, 0.2) is 0 Å². The molecule has 0 bridgehead atoms. The highest BCUT2D eigenvalue weighted by atomic mass is 16.5. The normalized spacial score (nSPS) is 14.0. The first-order chi connectivity index (χ1) is 37.7. The smallest absolute Gasteiger partial charge is 0.137 e. The molecule has 13 aromatic rings. The monoisotopic (exact) mass is 990 g/mol. The summed E-state index contributed by atoms with van der Waals surface area (Å²) in [6.07, 6.45) is 1.85. The maximum atomic E-state index is 6.60. The van der Waals surface area contributed by atoms with Crippen molar-refractivity contribution in [3.63, 3.8) is 0 Å². The summed E-state index contributed by atoms with van der Waals surface area (Å²) in [6, 6.07) is 92.4. The number of hydrogen-bond acceptors (Lipinski definition) is 3. The van der Waals surface area contributed by atoms with Gasteiger partial charge < -0.3 is 18.6 Å². The van der Waals surface area contributed by atoms with Crippen LogP contribution in [0.25, 0.3) is 77.8 Å². The Balaban J connectivity index is 0.936. The van der Waals surface area contributed by atoms with Crippen LogP contribution < -0.4 is 9.64 Å². The highest BCUT2D eigenvalue weighted by Gasteiger charge is 2.46. The van der Waals surface area contributed by atoms with Crippen LogP contribution in [0.15, 0.2) is 266 Å². The number of ether oxygens (including phenoxy) is 1. The Morgan fingerprint density at radius 1 is 0.455 bits per heavy atom. The number of hydrogen-bond donors (Lipinski definition) is 0. The van der Waals surface area contributed by atoms with Crippen molar-refractivity contribution in [1.82, 2.24) is 4.57 Å². The van der Waals surface area contributed by atoms with E-state index in [9.17, 15) is 0 Å². The molecule has 2 aromatic heterocycles.